The number of fused-ring (bicyclic) bond motifs is 1. The van der Waals surface area contributed by atoms with Crippen LogP contribution >= 0.6 is 0 Å². The Morgan fingerprint density at radius 1 is 1.06 bits per heavy atom. The van der Waals surface area contributed by atoms with Gasteiger partial charge in [-0.05, 0) is 31.6 Å². The summed E-state index contributed by atoms with van der Waals surface area (Å²) in [6.07, 6.45) is 0.742. The molecule has 2 fully saturated rings. The standard InChI is InChI=1S/C11H16F3NO/c12-11(13,14)10(16)15-7-3-5-8-4-1-2-6-9(8)15/h8-9H,1-7H2. The van der Waals surface area contributed by atoms with Crippen LogP contribution in [0.2, 0.25) is 0 Å². The van der Waals surface area contributed by atoms with E-state index in [2.05, 4.69) is 0 Å². The van der Waals surface area contributed by atoms with Crippen LogP contribution in [0.25, 0.3) is 0 Å². The van der Waals surface area contributed by atoms with E-state index < -0.39 is 12.1 Å². The fourth-order valence-corrected chi connectivity index (χ4v) is 3.04. The van der Waals surface area contributed by atoms with E-state index in [1.165, 1.54) is 0 Å². The Labute approximate surface area is 92.8 Å². The fourth-order valence-electron chi connectivity index (χ4n) is 3.04. The third kappa shape index (κ3) is 2.18. The van der Waals surface area contributed by atoms with Gasteiger partial charge in [-0.3, -0.25) is 4.79 Å². The predicted octanol–water partition coefficient (Wildman–Crippen LogP) is 2.73. The number of likely N-dealkylation sites (tertiary alicyclic amines) is 1. The molecule has 2 unspecified atom stereocenters. The molecule has 0 aromatic heterocycles. The Balaban J connectivity index is 2.11. The number of amides is 1. The number of carbonyl (C=O) groups excluding carboxylic acids is 1. The second-order valence-electron chi connectivity index (χ2n) is 4.75. The van der Waals surface area contributed by atoms with Gasteiger partial charge in [0.2, 0.25) is 0 Å². The van der Waals surface area contributed by atoms with E-state index in [1.54, 1.807) is 0 Å². The van der Waals surface area contributed by atoms with E-state index in [1.807, 2.05) is 0 Å². The minimum Gasteiger partial charge on any atom is -0.332 e. The zero-order valence-electron chi connectivity index (χ0n) is 9.09. The molecule has 0 N–H and O–H groups in total. The maximum atomic E-state index is 12.4. The van der Waals surface area contributed by atoms with Gasteiger partial charge >= 0.3 is 12.1 Å². The summed E-state index contributed by atoms with van der Waals surface area (Å²) in [6.45, 7) is 0.277. The van der Waals surface area contributed by atoms with Gasteiger partial charge in [0.25, 0.3) is 0 Å². The molecule has 1 aliphatic carbocycles. The average molecular weight is 235 g/mol. The molecule has 1 saturated carbocycles. The zero-order valence-corrected chi connectivity index (χ0v) is 9.09. The summed E-state index contributed by atoms with van der Waals surface area (Å²) in [7, 11) is 0. The lowest BCUT2D eigenvalue weighted by Gasteiger charge is -2.44. The minimum atomic E-state index is -4.71. The van der Waals surface area contributed by atoms with Crippen molar-refractivity contribution in [3.05, 3.63) is 0 Å². The summed E-state index contributed by atoms with van der Waals surface area (Å²) in [4.78, 5) is 12.4. The molecule has 92 valence electrons. The summed E-state index contributed by atoms with van der Waals surface area (Å²) in [5.41, 5.74) is 0. The maximum absolute atomic E-state index is 12.4. The average Bonchev–Trinajstić information content (AvgIpc) is 2.26. The van der Waals surface area contributed by atoms with Crippen molar-refractivity contribution in [1.29, 1.82) is 0 Å². The Morgan fingerprint density at radius 3 is 2.38 bits per heavy atom. The van der Waals surface area contributed by atoms with Gasteiger partial charge in [0.1, 0.15) is 0 Å². The third-order valence-electron chi connectivity index (χ3n) is 3.75. The second kappa shape index (κ2) is 4.26. The molecule has 2 rings (SSSR count). The Hall–Kier alpha value is -0.740. The van der Waals surface area contributed by atoms with Crippen LogP contribution in [0.1, 0.15) is 38.5 Å². The molecule has 0 radical (unpaired) electrons. The van der Waals surface area contributed by atoms with Gasteiger partial charge in [0, 0.05) is 12.6 Å². The highest BCUT2D eigenvalue weighted by molar-refractivity contribution is 5.82. The van der Waals surface area contributed by atoms with Crippen molar-refractivity contribution in [2.24, 2.45) is 5.92 Å². The van der Waals surface area contributed by atoms with Gasteiger partial charge in [-0.1, -0.05) is 12.8 Å². The van der Waals surface area contributed by atoms with Gasteiger partial charge in [-0.2, -0.15) is 13.2 Å². The summed E-state index contributed by atoms with van der Waals surface area (Å²) in [5.74, 6) is -1.34. The molecule has 1 heterocycles. The first kappa shape index (κ1) is 11.7. The zero-order chi connectivity index (χ0) is 11.8. The van der Waals surface area contributed by atoms with Crippen molar-refractivity contribution in [3.63, 3.8) is 0 Å². The number of carbonyl (C=O) groups is 1. The number of halogens is 3. The first-order valence-electron chi connectivity index (χ1n) is 5.88. The van der Waals surface area contributed by atoms with E-state index in [9.17, 15) is 18.0 Å². The molecule has 0 spiro atoms. The highest BCUT2D eigenvalue weighted by Crippen LogP contribution is 2.36. The van der Waals surface area contributed by atoms with Crippen LogP contribution in [0, 0.1) is 5.92 Å². The number of piperidine rings is 1. The van der Waals surface area contributed by atoms with Crippen LogP contribution in [0.4, 0.5) is 13.2 Å². The second-order valence-corrected chi connectivity index (χ2v) is 4.75. The molecule has 2 atom stereocenters. The van der Waals surface area contributed by atoms with Gasteiger partial charge in [-0.15, -0.1) is 0 Å². The van der Waals surface area contributed by atoms with Crippen molar-refractivity contribution in [3.8, 4) is 0 Å². The lowest BCUT2D eigenvalue weighted by molar-refractivity contribution is -0.191. The topological polar surface area (TPSA) is 20.3 Å². The number of nitrogens with zero attached hydrogens (tertiary/aromatic N) is 1. The smallest absolute Gasteiger partial charge is 0.332 e. The molecule has 1 aliphatic heterocycles. The molecular weight excluding hydrogens is 219 g/mol. The third-order valence-corrected chi connectivity index (χ3v) is 3.75. The molecule has 5 heteroatoms. The van der Waals surface area contributed by atoms with Crippen molar-refractivity contribution in [2.45, 2.75) is 50.7 Å². The lowest BCUT2D eigenvalue weighted by Crippen LogP contribution is -2.53. The van der Waals surface area contributed by atoms with E-state index in [4.69, 9.17) is 0 Å². The van der Waals surface area contributed by atoms with Crippen molar-refractivity contribution in [2.75, 3.05) is 6.54 Å². The minimum absolute atomic E-state index is 0.156. The van der Waals surface area contributed by atoms with Crippen molar-refractivity contribution >= 4 is 5.91 Å². The molecule has 0 aromatic carbocycles. The van der Waals surface area contributed by atoms with Crippen molar-refractivity contribution in [1.82, 2.24) is 4.90 Å². The maximum Gasteiger partial charge on any atom is 0.471 e. The van der Waals surface area contributed by atoms with Crippen LogP contribution < -0.4 is 0 Å². The summed E-state index contributed by atoms with van der Waals surface area (Å²) >= 11 is 0. The van der Waals surface area contributed by atoms with Gasteiger partial charge in [0.15, 0.2) is 0 Å². The fraction of sp³-hybridized carbons (Fsp3) is 0.909. The summed E-state index contributed by atoms with van der Waals surface area (Å²) in [6, 6.07) is -0.156. The molecule has 1 saturated heterocycles. The van der Waals surface area contributed by atoms with E-state index in [-0.39, 0.29) is 12.6 Å². The molecular formula is C11H16F3NO. The largest absolute Gasteiger partial charge is 0.471 e. The van der Waals surface area contributed by atoms with Crippen LogP contribution in [0.5, 0.6) is 0 Å². The lowest BCUT2D eigenvalue weighted by atomic mass is 9.78. The van der Waals surface area contributed by atoms with Gasteiger partial charge < -0.3 is 4.90 Å². The monoisotopic (exact) mass is 235 g/mol. The van der Waals surface area contributed by atoms with Crippen LogP contribution in [0.15, 0.2) is 0 Å². The molecule has 0 bridgehead atoms. The van der Waals surface area contributed by atoms with E-state index >= 15 is 0 Å². The van der Waals surface area contributed by atoms with Crippen LogP contribution in [-0.4, -0.2) is 29.6 Å². The van der Waals surface area contributed by atoms with E-state index in [0.29, 0.717) is 12.3 Å². The number of alkyl halides is 3. The molecule has 16 heavy (non-hydrogen) atoms. The molecule has 2 aliphatic rings. The van der Waals surface area contributed by atoms with Crippen LogP contribution in [0.3, 0.4) is 0 Å². The summed E-state index contributed by atoms with van der Waals surface area (Å²) in [5, 5.41) is 0. The predicted molar refractivity (Wildman–Crippen MR) is 52.7 cm³/mol. The Bertz CT molecular complexity index is 275. The number of hydrogen-bond acceptors (Lipinski definition) is 1. The highest BCUT2D eigenvalue weighted by Gasteiger charge is 2.47. The van der Waals surface area contributed by atoms with E-state index in [0.717, 1.165) is 37.0 Å². The Kier molecular flexibility index (Phi) is 3.13. The SMILES string of the molecule is O=C(N1CCCC2CCCCC21)C(F)(F)F. The van der Waals surface area contributed by atoms with Crippen molar-refractivity contribution < 1.29 is 18.0 Å². The summed E-state index contributed by atoms with van der Waals surface area (Å²) < 4.78 is 37.2. The first-order valence-corrected chi connectivity index (χ1v) is 5.88. The molecule has 0 aromatic rings. The van der Waals surface area contributed by atoms with Gasteiger partial charge in [-0.25, -0.2) is 0 Å². The quantitative estimate of drug-likeness (QED) is 0.632. The molecule has 1 amide bonds. The normalized spacial score (nSPS) is 31.1. The highest BCUT2D eigenvalue weighted by atomic mass is 19.4. The first-order chi connectivity index (χ1) is 7.50. The Morgan fingerprint density at radius 2 is 1.69 bits per heavy atom. The van der Waals surface area contributed by atoms with Crippen LogP contribution in [-0.2, 0) is 4.79 Å². The molecule has 2 nitrogen and oxygen atoms in total. The number of rotatable bonds is 0. The van der Waals surface area contributed by atoms with Gasteiger partial charge in [0.05, 0.1) is 0 Å². The number of hydrogen-bond donors (Lipinski definition) is 0.